The Kier molecular flexibility index (Phi) is 5.43. The van der Waals surface area contributed by atoms with Crippen molar-refractivity contribution in [1.29, 1.82) is 0 Å². The summed E-state index contributed by atoms with van der Waals surface area (Å²) >= 11 is 0. The number of benzene rings is 2. The number of non-ortho nitro benzene ring substituents is 1. The van der Waals surface area contributed by atoms with Crippen LogP contribution in [0.5, 0.6) is 0 Å². The number of fused-ring (bicyclic) bond motifs is 1. The number of nitrogens with one attached hydrogen (secondary N) is 1. The van der Waals surface area contributed by atoms with Gasteiger partial charge in [0.2, 0.25) is 0 Å². The van der Waals surface area contributed by atoms with E-state index >= 15 is 0 Å². The molecule has 0 fully saturated rings. The lowest BCUT2D eigenvalue weighted by molar-refractivity contribution is -0.383. The Morgan fingerprint density at radius 2 is 1.92 bits per heavy atom. The molecule has 1 heterocycles. The Morgan fingerprint density at radius 1 is 1.15 bits per heavy atom. The fourth-order valence-corrected chi connectivity index (χ4v) is 3.17. The normalized spacial score (nSPS) is 13.3. The third-order valence-corrected chi connectivity index (χ3v) is 4.38. The second-order valence-corrected chi connectivity index (χ2v) is 6.36. The highest BCUT2D eigenvalue weighted by atomic mass is 16.6. The van der Waals surface area contributed by atoms with Gasteiger partial charge in [-0.2, -0.15) is 0 Å². The Hall–Kier alpha value is -2.99. The Balaban J connectivity index is 1.88. The second-order valence-electron chi connectivity index (χ2n) is 6.36. The molecule has 0 amide bonds. The van der Waals surface area contributed by atoms with Gasteiger partial charge in [0, 0.05) is 24.7 Å². The van der Waals surface area contributed by atoms with Gasteiger partial charge in [-0.25, -0.2) is 0 Å². The van der Waals surface area contributed by atoms with Gasteiger partial charge >= 0.3 is 0 Å². The summed E-state index contributed by atoms with van der Waals surface area (Å²) in [4.78, 5) is 15.2. The molecule has 2 aromatic carbocycles. The molecule has 2 N–H and O–H groups in total. The molecule has 0 bridgehead atoms. The molecule has 0 saturated heterocycles. The smallest absolute Gasteiger partial charge is 0.278 e. The highest BCUT2D eigenvalue weighted by Gasteiger charge is 2.17. The molecular weight excluding hydrogens is 330 g/mol. The molecule has 6 nitrogen and oxygen atoms in total. The molecule has 6 heteroatoms. The van der Waals surface area contributed by atoms with E-state index in [0.717, 1.165) is 11.3 Å². The third kappa shape index (κ3) is 3.97. The molecule has 3 rings (SSSR count). The van der Waals surface area contributed by atoms with Crippen molar-refractivity contribution in [2.75, 3.05) is 11.9 Å². The van der Waals surface area contributed by atoms with Gasteiger partial charge in [0.15, 0.2) is 0 Å². The van der Waals surface area contributed by atoms with Crippen molar-refractivity contribution in [3.63, 3.8) is 0 Å². The molecular formula is C20H21N3O3. The number of nitrogens with zero attached hydrogens (tertiary/aromatic N) is 2. The highest BCUT2D eigenvalue weighted by molar-refractivity contribution is 5.96. The molecule has 0 aliphatic carbocycles. The number of aliphatic hydroxyl groups excluding tert-OH is 1. The van der Waals surface area contributed by atoms with Gasteiger partial charge in [0.05, 0.1) is 22.1 Å². The average molecular weight is 351 g/mol. The highest BCUT2D eigenvalue weighted by Crippen LogP contribution is 2.30. The van der Waals surface area contributed by atoms with Crippen LogP contribution in [-0.2, 0) is 0 Å². The molecule has 26 heavy (non-hydrogen) atoms. The summed E-state index contributed by atoms with van der Waals surface area (Å²) in [5.74, 6) is 0.116. The topological polar surface area (TPSA) is 88.3 Å². The summed E-state index contributed by atoms with van der Waals surface area (Å²) in [5.41, 5.74) is 2.51. The minimum absolute atomic E-state index is 0.0437. The molecule has 2 atom stereocenters. The van der Waals surface area contributed by atoms with Gasteiger partial charge in [-0.3, -0.25) is 15.1 Å². The first-order chi connectivity index (χ1) is 12.6. The summed E-state index contributed by atoms with van der Waals surface area (Å²) in [6.07, 6.45) is 1.82. The minimum atomic E-state index is -0.422. The maximum atomic E-state index is 11.2. The first-order valence-electron chi connectivity index (χ1n) is 8.55. The van der Waals surface area contributed by atoms with Crippen molar-refractivity contribution in [3.05, 3.63) is 76.5 Å². The minimum Gasteiger partial charge on any atom is -0.393 e. The summed E-state index contributed by atoms with van der Waals surface area (Å²) in [6, 6.07) is 16.6. The average Bonchev–Trinajstić information content (AvgIpc) is 2.65. The van der Waals surface area contributed by atoms with Crippen LogP contribution in [0.4, 0.5) is 11.4 Å². The van der Waals surface area contributed by atoms with E-state index in [1.54, 1.807) is 31.3 Å². The summed E-state index contributed by atoms with van der Waals surface area (Å²) in [5, 5.41) is 24.9. The van der Waals surface area contributed by atoms with Crippen molar-refractivity contribution in [2.45, 2.75) is 25.4 Å². The molecule has 0 aliphatic rings. The largest absolute Gasteiger partial charge is 0.393 e. The lowest BCUT2D eigenvalue weighted by atomic mass is 9.93. The number of nitro benzene ring substituents is 1. The molecule has 0 aliphatic heterocycles. The number of hydrogen-bond donors (Lipinski definition) is 2. The van der Waals surface area contributed by atoms with E-state index < -0.39 is 11.0 Å². The van der Waals surface area contributed by atoms with Gasteiger partial charge in [-0.05, 0) is 37.1 Å². The van der Waals surface area contributed by atoms with E-state index in [1.165, 1.54) is 6.07 Å². The summed E-state index contributed by atoms with van der Waals surface area (Å²) < 4.78 is 0. The maximum absolute atomic E-state index is 11.2. The first kappa shape index (κ1) is 17.8. The van der Waals surface area contributed by atoms with E-state index in [0.29, 0.717) is 23.9 Å². The molecule has 2 unspecified atom stereocenters. The SMILES string of the molecule is CC(O)CC(CNc1ccc([N+](=O)[O-])c2cccnc12)c1ccccc1. The van der Waals surface area contributed by atoms with Crippen molar-refractivity contribution >= 4 is 22.3 Å². The zero-order valence-corrected chi connectivity index (χ0v) is 14.5. The summed E-state index contributed by atoms with van der Waals surface area (Å²) in [6.45, 7) is 2.37. The molecule has 0 spiro atoms. The number of anilines is 1. The fourth-order valence-electron chi connectivity index (χ4n) is 3.17. The van der Waals surface area contributed by atoms with E-state index in [1.807, 2.05) is 30.3 Å². The number of pyridine rings is 1. The van der Waals surface area contributed by atoms with Crippen LogP contribution in [0, 0.1) is 10.1 Å². The van der Waals surface area contributed by atoms with Crippen LogP contribution < -0.4 is 5.32 Å². The van der Waals surface area contributed by atoms with Gasteiger partial charge in [0.25, 0.3) is 5.69 Å². The Bertz CT molecular complexity index is 897. The number of nitro groups is 1. The van der Waals surface area contributed by atoms with Crippen LogP contribution in [0.15, 0.2) is 60.8 Å². The number of aromatic nitrogens is 1. The Morgan fingerprint density at radius 3 is 2.62 bits per heavy atom. The van der Waals surface area contributed by atoms with Crippen molar-refractivity contribution in [3.8, 4) is 0 Å². The van der Waals surface area contributed by atoms with E-state index in [9.17, 15) is 15.2 Å². The van der Waals surface area contributed by atoms with Crippen LogP contribution >= 0.6 is 0 Å². The molecule has 3 aromatic rings. The lowest BCUT2D eigenvalue weighted by Crippen LogP contribution is -2.17. The zero-order valence-electron chi connectivity index (χ0n) is 14.5. The second kappa shape index (κ2) is 7.93. The third-order valence-electron chi connectivity index (χ3n) is 4.38. The molecule has 0 saturated carbocycles. The van der Waals surface area contributed by atoms with Crippen LogP contribution in [0.25, 0.3) is 10.9 Å². The number of hydrogen-bond acceptors (Lipinski definition) is 5. The monoisotopic (exact) mass is 351 g/mol. The van der Waals surface area contributed by atoms with E-state index in [-0.39, 0.29) is 11.6 Å². The van der Waals surface area contributed by atoms with E-state index in [2.05, 4.69) is 10.3 Å². The van der Waals surface area contributed by atoms with Crippen LogP contribution in [-0.4, -0.2) is 27.7 Å². The molecule has 134 valence electrons. The van der Waals surface area contributed by atoms with Crippen LogP contribution in [0.1, 0.15) is 24.8 Å². The zero-order chi connectivity index (χ0) is 18.5. The maximum Gasteiger partial charge on any atom is 0.278 e. The van der Waals surface area contributed by atoms with Gasteiger partial charge in [-0.15, -0.1) is 0 Å². The van der Waals surface area contributed by atoms with Gasteiger partial charge < -0.3 is 10.4 Å². The molecule has 1 aromatic heterocycles. The van der Waals surface area contributed by atoms with Crippen LogP contribution in [0.3, 0.4) is 0 Å². The van der Waals surface area contributed by atoms with Crippen molar-refractivity contribution in [2.24, 2.45) is 0 Å². The predicted octanol–water partition coefficient (Wildman–Crippen LogP) is 4.11. The van der Waals surface area contributed by atoms with Crippen molar-refractivity contribution in [1.82, 2.24) is 4.98 Å². The van der Waals surface area contributed by atoms with Crippen molar-refractivity contribution < 1.29 is 10.0 Å². The predicted molar refractivity (Wildman–Crippen MR) is 102 cm³/mol. The quantitative estimate of drug-likeness (QED) is 0.494. The number of rotatable bonds is 7. The lowest BCUT2D eigenvalue weighted by Gasteiger charge is -2.20. The van der Waals surface area contributed by atoms with Crippen LogP contribution in [0.2, 0.25) is 0 Å². The standard InChI is InChI=1S/C20H21N3O3/c1-14(24)12-16(15-6-3-2-4-7-15)13-22-18-9-10-19(23(25)26)17-8-5-11-21-20(17)18/h2-11,14,16,22,24H,12-13H2,1H3. The van der Waals surface area contributed by atoms with Gasteiger partial charge in [0.1, 0.15) is 5.52 Å². The fraction of sp³-hybridized carbons (Fsp3) is 0.250. The number of aliphatic hydroxyl groups is 1. The first-order valence-corrected chi connectivity index (χ1v) is 8.55. The molecule has 0 radical (unpaired) electrons. The Labute approximate surface area is 151 Å². The summed E-state index contributed by atoms with van der Waals surface area (Å²) in [7, 11) is 0. The van der Waals surface area contributed by atoms with E-state index in [4.69, 9.17) is 0 Å². The van der Waals surface area contributed by atoms with Gasteiger partial charge in [-0.1, -0.05) is 30.3 Å².